The molecule has 0 rings (SSSR count). The van der Waals surface area contributed by atoms with E-state index in [4.69, 9.17) is 16.7 Å². The molecule has 0 radical (unpaired) electrons. The first kappa shape index (κ1) is 8.99. The van der Waals surface area contributed by atoms with Crippen LogP contribution >= 0.6 is 11.6 Å². The predicted octanol–water partition coefficient (Wildman–Crippen LogP) is 2.15. The van der Waals surface area contributed by atoms with Crippen LogP contribution in [0, 0.1) is 5.92 Å². The van der Waals surface area contributed by atoms with Crippen molar-refractivity contribution in [2.24, 2.45) is 5.92 Å². The van der Waals surface area contributed by atoms with Crippen LogP contribution in [0.15, 0.2) is 11.6 Å². The van der Waals surface area contributed by atoms with E-state index >= 15 is 0 Å². The Morgan fingerprint density at radius 3 is 2.22 bits per heavy atom. The zero-order valence-electron chi connectivity index (χ0n) is 5.89. The first-order chi connectivity index (χ1) is 4.04. The highest BCUT2D eigenvalue weighted by Gasteiger charge is 2.08. The van der Waals surface area contributed by atoms with Gasteiger partial charge in [-0.2, -0.15) is 0 Å². The highest BCUT2D eigenvalue weighted by atomic mass is 35.5. The summed E-state index contributed by atoms with van der Waals surface area (Å²) < 4.78 is 0. The molecule has 2 unspecified atom stereocenters. The van der Waals surface area contributed by atoms with E-state index in [0.29, 0.717) is 11.5 Å². The quantitative estimate of drug-likeness (QED) is 0.650. The molecule has 0 amide bonds. The van der Waals surface area contributed by atoms with Gasteiger partial charge in [-0.25, -0.2) is 0 Å². The van der Waals surface area contributed by atoms with E-state index in [0.717, 1.165) is 0 Å². The van der Waals surface area contributed by atoms with Gasteiger partial charge in [0.05, 0.1) is 6.10 Å². The highest BCUT2D eigenvalue weighted by molar-refractivity contribution is 6.29. The monoisotopic (exact) mass is 148 g/mol. The fourth-order valence-electron chi connectivity index (χ4n) is 0.520. The molecule has 0 bridgehead atoms. The van der Waals surface area contributed by atoms with E-state index in [1.807, 2.05) is 6.92 Å². The van der Waals surface area contributed by atoms with E-state index in [1.54, 1.807) is 6.92 Å². The Balaban J connectivity index is 3.50. The largest absolute Gasteiger partial charge is 0.393 e. The second-order valence-corrected chi connectivity index (χ2v) is 2.97. The number of rotatable bonds is 3. The van der Waals surface area contributed by atoms with Gasteiger partial charge in [-0.3, -0.25) is 0 Å². The van der Waals surface area contributed by atoms with Crippen molar-refractivity contribution in [2.75, 3.05) is 0 Å². The minimum atomic E-state index is -0.291. The maximum atomic E-state index is 8.97. The first-order valence-electron chi connectivity index (χ1n) is 3.05. The molecule has 2 atom stereocenters. The summed E-state index contributed by atoms with van der Waals surface area (Å²) in [5, 5.41) is 9.58. The van der Waals surface area contributed by atoms with Crippen molar-refractivity contribution >= 4 is 11.6 Å². The van der Waals surface area contributed by atoms with Gasteiger partial charge < -0.3 is 5.11 Å². The zero-order chi connectivity index (χ0) is 7.44. The van der Waals surface area contributed by atoms with Crippen LogP contribution in [0.5, 0.6) is 0 Å². The predicted molar refractivity (Wildman–Crippen MR) is 40.5 cm³/mol. The third-order valence-corrected chi connectivity index (χ3v) is 1.52. The van der Waals surface area contributed by atoms with Crippen LogP contribution in [0.2, 0.25) is 0 Å². The molecule has 0 spiro atoms. The van der Waals surface area contributed by atoms with Crippen molar-refractivity contribution in [3.05, 3.63) is 11.6 Å². The van der Waals surface area contributed by atoms with E-state index < -0.39 is 0 Å². The molecule has 0 aromatic heterocycles. The molecule has 0 aliphatic heterocycles. The zero-order valence-corrected chi connectivity index (χ0v) is 6.65. The molecular formula is C7H13ClO. The van der Waals surface area contributed by atoms with Crippen molar-refractivity contribution in [3.63, 3.8) is 0 Å². The minimum absolute atomic E-state index is 0.218. The smallest absolute Gasteiger partial charge is 0.0541 e. The Kier molecular flexibility index (Phi) is 3.91. The maximum Gasteiger partial charge on any atom is 0.0541 e. The Labute approximate surface area is 61.3 Å². The lowest BCUT2D eigenvalue weighted by Crippen LogP contribution is -2.12. The summed E-state index contributed by atoms with van der Waals surface area (Å²) in [4.78, 5) is 0. The SMILES string of the molecule is C=C(Cl)CC(C)C(C)O. The summed E-state index contributed by atoms with van der Waals surface area (Å²) in [6, 6.07) is 0. The Morgan fingerprint density at radius 2 is 2.11 bits per heavy atom. The Bertz CT molecular complexity index is 99.1. The second-order valence-electron chi connectivity index (χ2n) is 2.44. The molecule has 0 fully saturated rings. The molecule has 2 heteroatoms. The van der Waals surface area contributed by atoms with Crippen LogP contribution in [-0.4, -0.2) is 11.2 Å². The number of allylic oxidation sites excluding steroid dienone is 1. The lowest BCUT2D eigenvalue weighted by Gasteiger charge is -2.12. The third-order valence-electron chi connectivity index (χ3n) is 1.37. The van der Waals surface area contributed by atoms with Crippen molar-refractivity contribution < 1.29 is 5.11 Å². The molecular weight excluding hydrogens is 136 g/mol. The van der Waals surface area contributed by atoms with Gasteiger partial charge in [0, 0.05) is 5.03 Å². The van der Waals surface area contributed by atoms with Crippen LogP contribution in [0.3, 0.4) is 0 Å². The molecule has 54 valence electrons. The molecule has 0 saturated carbocycles. The third kappa shape index (κ3) is 4.49. The Hall–Kier alpha value is -0.0100. The van der Waals surface area contributed by atoms with Crippen LogP contribution in [0.25, 0.3) is 0 Å². The van der Waals surface area contributed by atoms with E-state index in [9.17, 15) is 0 Å². The van der Waals surface area contributed by atoms with Crippen LogP contribution in [0.1, 0.15) is 20.3 Å². The molecule has 1 N–H and O–H groups in total. The molecule has 0 heterocycles. The van der Waals surface area contributed by atoms with Crippen molar-refractivity contribution in [3.8, 4) is 0 Å². The summed E-state index contributed by atoms with van der Waals surface area (Å²) >= 11 is 5.51. The van der Waals surface area contributed by atoms with Crippen molar-refractivity contribution in [1.29, 1.82) is 0 Å². The Morgan fingerprint density at radius 1 is 1.67 bits per heavy atom. The van der Waals surface area contributed by atoms with Gasteiger partial charge >= 0.3 is 0 Å². The van der Waals surface area contributed by atoms with Crippen LogP contribution < -0.4 is 0 Å². The van der Waals surface area contributed by atoms with Crippen molar-refractivity contribution in [2.45, 2.75) is 26.4 Å². The van der Waals surface area contributed by atoms with Gasteiger partial charge in [-0.1, -0.05) is 25.1 Å². The van der Waals surface area contributed by atoms with Gasteiger partial charge in [0.2, 0.25) is 0 Å². The molecule has 0 aliphatic carbocycles. The van der Waals surface area contributed by atoms with E-state index in [-0.39, 0.29) is 12.0 Å². The fraction of sp³-hybridized carbons (Fsp3) is 0.714. The van der Waals surface area contributed by atoms with Gasteiger partial charge in [-0.05, 0) is 19.3 Å². The van der Waals surface area contributed by atoms with Gasteiger partial charge in [-0.15, -0.1) is 0 Å². The van der Waals surface area contributed by atoms with Gasteiger partial charge in [0.15, 0.2) is 0 Å². The molecule has 9 heavy (non-hydrogen) atoms. The summed E-state index contributed by atoms with van der Waals surface area (Å²) in [5.41, 5.74) is 0. The average Bonchev–Trinajstić information content (AvgIpc) is 1.63. The minimum Gasteiger partial charge on any atom is -0.393 e. The average molecular weight is 149 g/mol. The summed E-state index contributed by atoms with van der Waals surface area (Å²) in [7, 11) is 0. The lowest BCUT2D eigenvalue weighted by molar-refractivity contribution is 0.136. The fourth-order valence-corrected chi connectivity index (χ4v) is 0.763. The number of hydrogen-bond acceptors (Lipinski definition) is 1. The summed E-state index contributed by atoms with van der Waals surface area (Å²) in [6.07, 6.45) is 0.402. The van der Waals surface area contributed by atoms with E-state index in [2.05, 4.69) is 6.58 Å². The number of hydrogen-bond donors (Lipinski definition) is 1. The van der Waals surface area contributed by atoms with E-state index in [1.165, 1.54) is 0 Å². The molecule has 0 saturated heterocycles. The van der Waals surface area contributed by atoms with Gasteiger partial charge in [0.1, 0.15) is 0 Å². The van der Waals surface area contributed by atoms with Crippen molar-refractivity contribution in [1.82, 2.24) is 0 Å². The normalized spacial score (nSPS) is 16.9. The van der Waals surface area contributed by atoms with Gasteiger partial charge in [0.25, 0.3) is 0 Å². The molecule has 0 aromatic rings. The lowest BCUT2D eigenvalue weighted by atomic mass is 10.0. The summed E-state index contributed by atoms with van der Waals surface area (Å²) in [6.45, 7) is 7.23. The second kappa shape index (κ2) is 3.91. The number of aliphatic hydroxyl groups excluding tert-OH is 1. The molecule has 0 aromatic carbocycles. The van der Waals surface area contributed by atoms with Crippen LogP contribution in [-0.2, 0) is 0 Å². The number of aliphatic hydroxyl groups is 1. The highest BCUT2D eigenvalue weighted by Crippen LogP contribution is 2.15. The molecule has 0 aliphatic rings. The first-order valence-corrected chi connectivity index (χ1v) is 3.43. The molecule has 1 nitrogen and oxygen atoms in total. The number of halogens is 1. The van der Waals surface area contributed by atoms with Crippen LogP contribution in [0.4, 0.5) is 0 Å². The standard InChI is InChI=1S/C7H13ClO/c1-5(7(3)9)4-6(2)8/h5,7,9H,2,4H2,1,3H3. The maximum absolute atomic E-state index is 8.97. The summed E-state index contributed by atoms with van der Waals surface area (Å²) in [5.74, 6) is 0.218. The topological polar surface area (TPSA) is 20.2 Å².